The molecule has 3 aromatic rings. The molecule has 0 saturated carbocycles. The van der Waals surface area contributed by atoms with Crippen molar-refractivity contribution in [3.05, 3.63) is 59.7 Å². The van der Waals surface area contributed by atoms with Crippen molar-refractivity contribution in [1.82, 2.24) is 9.55 Å². The minimum atomic E-state index is -0.474. The molecule has 20 heavy (non-hydrogen) atoms. The zero-order valence-electron chi connectivity index (χ0n) is 10.3. The molecular weight excluding hydrogens is 277 g/mol. The summed E-state index contributed by atoms with van der Waals surface area (Å²) in [5.74, 6) is 0.267. The molecule has 0 fully saturated rings. The number of halogens is 2. The Balaban J connectivity index is 2.31. The standard InChI is InChI=1S/C15H9ClFN3/c16-8-15-19-12-3-1-2-4-14(12)20(15)13-6-5-10(9-18)7-11(13)17/h1-7H,8H2. The monoisotopic (exact) mass is 285 g/mol. The van der Waals surface area contributed by atoms with E-state index in [1.807, 2.05) is 30.3 Å². The molecule has 0 radical (unpaired) electrons. The molecule has 0 saturated heterocycles. The van der Waals surface area contributed by atoms with Crippen molar-refractivity contribution in [2.75, 3.05) is 0 Å². The molecule has 0 N–H and O–H groups in total. The molecule has 0 unspecified atom stereocenters. The summed E-state index contributed by atoms with van der Waals surface area (Å²) in [5.41, 5.74) is 2.16. The van der Waals surface area contributed by atoms with Gasteiger partial charge in [-0.1, -0.05) is 12.1 Å². The second-order valence-electron chi connectivity index (χ2n) is 4.26. The molecule has 5 heteroatoms. The normalized spacial score (nSPS) is 10.7. The number of fused-ring (bicyclic) bond motifs is 1. The summed E-state index contributed by atoms with van der Waals surface area (Å²) >= 11 is 5.91. The summed E-state index contributed by atoms with van der Waals surface area (Å²) in [6.07, 6.45) is 0. The quantitative estimate of drug-likeness (QED) is 0.673. The first-order chi connectivity index (χ1) is 9.74. The van der Waals surface area contributed by atoms with Gasteiger partial charge in [0.2, 0.25) is 0 Å². The summed E-state index contributed by atoms with van der Waals surface area (Å²) in [4.78, 5) is 4.39. The number of rotatable bonds is 2. The van der Waals surface area contributed by atoms with Gasteiger partial charge in [-0.15, -0.1) is 11.6 Å². The van der Waals surface area contributed by atoms with Crippen LogP contribution in [0.3, 0.4) is 0 Å². The van der Waals surface area contributed by atoms with Crippen LogP contribution >= 0.6 is 11.6 Å². The van der Waals surface area contributed by atoms with Gasteiger partial charge in [0.25, 0.3) is 0 Å². The van der Waals surface area contributed by atoms with Gasteiger partial charge in [-0.25, -0.2) is 9.37 Å². The first-order valence-electron chi connectivity index (χ1n) is 5.97. The van der Waals surface area contributed by atoms with Gasteiger partial charge in [-0.05, 0) is 30.3 Å². The minimum Gasteiger partial charge on any atom is -0.292 e. The highest BCUT2D eigenvalue weighted by Crippen LogP contribution is 2.24. The highest BCUT2D eigenvalue weighted by atomic mass is 35.5. The topological polar surface area (TPSA) is 41.6 Å². The maximum Gasteiger partial charge on any atom is 0.148 e. The molecule has 0 aliphatic carbocycles. The molecule has 0 atom stereocenters. The molecule has 1 heterocycles. The minimum absolute atomic E-state index is 0.175. The van der Waals surface area contributed by atoms with Crippen molar-refractivity contribution >= 4 is 22.6 Å². The molecule has 0 bridgehead atoms. The molecule has 0 aliphatic heterocycles. The van der Waals surface area contributed by atoms with Crippen LogP contribution in [0.4, 0.5) is 4.39 Å². The Bertz CT molecular complexity index is 833. The van der Waals surface area contributed by atoms with E-state index in [1.165, 1.54) is 6.07 Å². The highest BCUT2D eigenvalue weighted by molar-refractivity contribution is 6.17. The zero-order chi connectivity index (χ0) is 14.1. The van der Waals surface area contributed by atoms with Crippen LogP contribution < -0.4 is 0 Å². The molecular formula is C15H9ClFN3. The predicted molar refractivity (Wildman–Crippen MR) is 75.3 cm³/mol. The van der Waals surface area contributed by atoms with Gasteiger partial charge in [0.1, 0.15) is 11.6 Å². The third kappa shape index (κ3) is 1.93. The smallest absolute Gasteiger partial charge is 0.148 e. The maximum atomic E-state index is 14.2. The van der Waals surface area contributed by atoms with Crippen LogP contribution in [0.1, 0.15) is 11.4 Å². The Kier molecular flexibility index (Phi) is 3.13. The number of para-hydroxylation sites is 2. The third-order valence-electron chi connectivity index (χ3n) is 3.07. The fraction of sp³-hybridized carbons (Fsp3) is 0.0667. The van der Waals surface area contributed by atoms with Gasteiger partial charge >= 0.3 is 0 Å². The number of nitriles is 1. The van der Waals surface area contributed by atoms with Gasteiger partial charge in [-0.3, -0.25) is 4.57 Å². The Morgan fingerprint density at radius 3 is 2.75 bits per heavy atom. The lowest BCUT2D eigenvalue weighted by Crippen LogP contribution is -2.02. The van der Waals surface area contributed by atoms with Gasteiger partial charge in [0.05, 0.1) is 34.2 Å². The number of benzene rings is 2. The second-order valence-corrected chi connectivity index (χ2v) is 4.53. The van der Waals surface area contributed by atoms with E-state index in [0.717, 1.165) is 11.0 Å². The Hall–Kier alpha value is -2.38. The van der Waals surface area contributed by atoms with Crippen molar-refractivity contribution in [2.45, 2.75) is 5.88 Å². The maximum absolute atomic E-state index is 14.2. The fourth-order valence-electron chi connectivity index (χ4n) is 2.19. The lowest BCUT2D eigenvalue weighted by molar-refractivity contribution is 0.617. The average molecular weight is 286 g/mol. The summed E-state index contributed by atoms with van der Waals surface area (Å²) in [5, 5.41) is 8.80. The van der Waals surface area contributed by atoms with Crippen molar-refractivity contribution in [3.8, 4) is 11.8 Å². The number of hydrogen-bond acceptors (Lipinski definition) is 2. The van der Waals surface area contributed by atoms with E-state index in [-0.39, 0.29) is 11.4 Å². The summed E-state index contributed by atoms with van der Waals surface area (Å²) in [6.45, 7) is 0. The van der Waals surface area contributed by atoms with Crippen LogP contribution in [-0.2, 0) is 5.88 Å². The number of alkyl halides is 1. The molecule has 0 amide bonds. The molecule has 1 aromatic heterocycles. The van der Waals surface area contributed by atoms with E-state index in [1.54, 1.807) is 16.7 Å². The fourth-order valence-corrected chi connectivity index (χ4v) is 2.37. The van der Waals surface area contributed by atoms with Gasteiger partial charge in [0.15, 0.2) is 0 Å². The molecule has 0 spiro atoms. The third-order valence-corrected chi connectivity index (χ3v) is 3.31. The van der Waals surface area contributed by atoms with Gasteiger partial charge in [0, 0.05) is 0 Å². The summed E-state index contributed by atoms with van der Waals surface area (Å²) in [7, 11) is 0. The van der Waals surface area contributed by atoms with Gasteiger partial charge < -0.3 is 0 Å². The lowest BCUT2D eigenvalue weighted by Gasteiger charge is -2.09. The van der Waals surface area contributed by atoms with E-state index in [2.05, 4.69) is 4.98 Å². The number of aromatic nitrogens is 2. The van der Waals surface area contributed by atoms with Crippen molar-refractivity contribution in [1.29, 1.82) is 5.26 Å². The molecule has 0 aliphatic rings. The Morgan fingerprint density at radius 2 is 2.05 bits per heavy atom. The van der Waals surface area contributed by atoms with E-state index in [4.69, 9.17) is 16.9 Å². The predicted octanol–water partition coefficient (Wildman–Crippen LogP) is 3.78. The van der Waals surface area contributed by atoms with Crippen LogP contribution in [0.5, 0.6) is 0 Å². The van der Waals surface area contributed by atoms with E-state index < -0.39 is 5.82 Å². The summed E-state index contributed by atoms with van der Waals surface area (Å²) in [6, 6.07) is 13.7. The van der Waals surface area contributed by atoms with Crippen LogP contribution in [0.2, 0.25) is 0 Å². The Labute approximate surface area is 119 Å². The average Bonchev–Trinajstić information content (AvgIpc) is 2.85. The number of hydrogen-bond donors (Lipinski definition) is 0. The SMILES string of the molecule is N#Cc1ccc(-n2c(CCl)nc3ccccc32)c(F)c1. The van der Waals surface area contributed by atoms with Crippen LogP contribution in [0.25, 0.3) is 16.7 Å². The second kappa shape index (κ2) is 4.95. The van der Waals surface area contributed by atoms with E-state index in [0.29, 0.717) is 11.5 Å². The molecule has 2 aromatic carbocycles. The van der Waals surface area contributed by atoms with Crippen molar-refractivity contribution in [2.24, 2.45) is 0 Å². The first-order valence-corrected chi connectivity index (χ1v) is 6.50. The number of imidazole rings is 1. The molecule has 98 valence electrons. The molecule has 3 nitrogen and oxygen atoms in total. The number of nitrogens with zero attached hydrogens (tertiary/aromatic N) is 3. The molecule has 3 rings (SSSR count). The Morgan fingerprint density at radius 1 is 1.25 bits per heavy atom. The van der Waals surface area contributed by atoms with Crippen molar-refractivity contribution < 1.29 is 4.39 Å². The summed E-state index contributed by atoms with van der Waals surface area (Å²) < 4.78 is 15.9. The van der Waals surface area contributed by atoms with Crippen LogP contribution in [0.15, 0.2) is 42.5 Å². The first kappa shape index (κ1) is 12.6. The highest BCUT2D eigenvalue weighted by Gasteiger charge is 2.14. The van der Waals surface area contributed by atoms with E-state index >= 15 is 0 Å². The zero-order valence-corrected chi connectivity index (χ0v) is 11.1. The van der Waals surface area contributed by atoms with Crippen LogP contribution in [-0.4, -0.2) is 9.55 Å². The van der Waals surface area contributed by atoms with E-state index in [9.17, 15) is 4.39 Å². The largest absolute Gasteiger partial charge is 0.292 e. The van der Waals surface area contributed by atoms with Crippen molar-refractivity contribution in [3.63, 3.8) is 0 Å². The van der Waals surface area contributed by atoms with Crippen LogP contribution in [0, 0.1) is 17.1 Å². The lowest BCUT2D eigenvalue weighted by atomic mass is 10.2. The van der Waals surface area contributed by atoms with Gasteiger partial charge in [-0.2, -0.15) is 5.26 Å².